The van der Waals surface area contributed by atoms with Gasteiger partial charge in [-0.3, -0.25) is 9.69 Å². The zero-order chi connectivity index (χ0) is 22.3. The van der Waals surface area contributed by atoms with Crippen LogP contribution in [0.25, 0.3) is 11.4 Å². The molecule has 8 nitrogen and oxygen atoms in total. The number of amides is 1. The van der Waals surface area contributed by atoms with Crippen molar-refractivity contribution < 1.29 is 9.53 Å². The largest absolute Gasteiger partial charge is 0.492 e. The van der Waals surface area contributed by atoms with Gasteiger partial charge in [-0.05, 0) is 19.1 Å². The first-order valence-electron chi connectivity index (χ1n) is 10.7. The van der Waals surface area contributed by atoms with Crippen molar-refractivity contribution >= 4 is 17.7 Å². The molecule has 2 aromatic carbocycles. The molecule has 1 fully saturated rings. The smallest absolute Gasteiger partial charge is 0.233 e. The molecule has 168 valence electrons. The molecule has 1 aliphatic heterocycles. The topological polar surface area (TPSA) is 89.5 Å². The summed E-state index contributed by atoms with van der Waals surface area (Å²) in [5.74, 6) is 8.03. The van der Waals surface area contributed by atoms with Gasteiger partial charge in [0.25, 0.3) is 0 Å². The van der Waals surface area contributed by atoms with Crippen LogP contribution in [0, 0.1) is 6.92 Å². The van der Waals surface area contributed by atoms with Crippen LogP contribution in [0.1, 0.15) is 5.56 Å². The van der Waals surface area contributed by atoms with Crippen molar-refractivity contribution in [2.24, 2.45) is 0 Å². The van der Waals surface area contributed by atoms with Gasteiger partial charge in [0.15, 0.2) is 5.82 Å². The van der Waals surface area contributed by atoms with Crippen LogP contribution in [0.4, 0.5) is 0 Å². The minimum Gasteiger partial charge on any atom is -0.492 e. The summed E-state index contributed by atoms with van der Waals surface area (Å²) in [5, 5.41) is 8.88. The Labute approximate surface area is 192 Å². The normalized spacial score (nSPS) is 14.5. The third kappa shape index (κ3) is 5.60. The Hall–Kier alpha value is -3.04. The molecule has 1 amide bonds. The molecule has 0 radical (unpaired) electrons. The molecular weight excluding hydrogens is 424 g/mol. The highest BCUT2D eigenvalue weighted by Gasteiger charge is 2.22. The monoisotopic (exact) mass is 452 g/mol. The number of carbonyl (C=O) groups excluding carboxylic acids is 1. The predicted octanol–water partition coefficient (Wildman–Crippen LogP) is 2.28. The third-order valence-corrected chi connectivity index (χ3v) is 6.37. The van der Waals surface area contributed by atoms with Crippen molar-refractivity contribution in [3.8, 4) is 17.1 Å². The maximum absolute atomic E-state index is 12.7. The lowest BCUT2D eigenvalue weighted by Crippen LogP contribution is -2.50. The summed E-state index contributed by atoms with van der Waals surface area (Å²) in [4.78, 5) is 16.9. The fraction of sp³-hybridized carbons (Fsp3) is 0.348. The number of ether oxygens (including phenoxy) is 1. The number of benzene rings is 2. The van der Waals surface area contributed by atoms with Gasteiger partial charge in [0.2, 0.25) is 11.1 Å². The van der Waals surface area contributed by atoms with Crippen molar-refractivity contribution in [2.45, 2.75) is 12.1 Å². The maximum atomic E-state index is 12.7. The van der Waals surface area contributed by atoms with E-state index >= 15 is 0 Å². The molecule has 0 bridgehead atoms. The number of carbonyl (C=O) groups is 1. The third-order valence-electron chi connectivity index (χ3n) is 5.44. The molecule has 0 spiro atoms. The lowest BCUT2D eigenvalue weighted by molar-refractivity contribution is -0.130. The number of aryl methyl sites for hydroxylation is 1. The number of rotatable bonds is 8. The molecule has 1 saturated heterocycles. The van der Waals surface area contributed by atoms with E-state index in [2.05, 4.69) is 15.1 Å². The first-order chi connectivity index (χ1) is 15.6. The summed E-state index contributed by atoms with van der Waals surface area (Å²) >= 11 is 1.32. The zero-order valence-corrected chi connectivity index (χ0v) is 19.0. The van der Waals surface area contributed by atoms with Crippen LogP contribution in [0.15, 0.2) is 59.8 Å². The van der Waals surface area contributed by atoms with Gasteiger partial charge in [-0.25, -0.2) is 4.68 Å². The number of hydrogen-bond donors (Lipinski definition) is 1. The molecule has 0 unspecified atom stereocenters. The summed E-state index contributed by atoms with van der Waals surface area (Å²) in [6.07, 6.45) is 0. The Kier molecular flexibility index (Phi) is 7.28. The highest BCUT2D eigenvalue weighted by atomic mass is 32.2. The van der Waals surface area contributed by atoms with Gasteiger partial charge in [-0.1, -0.05) is 59.8 Å². The van der Waals surface area contributed by atoms with Gasteiger partial charge in [0.05, 0.1) is 5.75 Å². The van der Waals surface area contributed by atoms with Crippen LogP contribution in [-0.4, -0.2) is 75.7 Å². The van der Waals surface area contributed by atoms with Crippen LogP contribution in [0.3, 0.4) is 0 Å². The van der Waals surface area contributed by atoms with E-state index in [9.17, 15) is 4.79 Å². The molecule has 0 atom stereocenters. The van der Waals surface area contributed by atoms with Gasteiger partial charge in [0, 0.05) is 38.3 Å². The van der Waals surface area contributed by atoms with E-state index < -0.39 is 0 Å². The number of nitrogens with two attached hydrogens (primary N) is 1. The van der Waals surface area contributed by atoms with Crippen molar-refractivity contribution in [1.29, 1.82) is 0 Å². The Bertz CT molecular complexity index is 1020. The molecule has 32 heavy (non-hydrogen) atoms. The summed E-state index contributed by atoms with van der Waals surface area (Å²) in [6.45, 7) is 6.65. The van der Waals surface area contributed by atoms with E-state index in [4.69, 9.17) is 10.6 Å². The Morgan fingerprint density at radius 1 is 1.03 bits per heavy atom. The highest BCUT2D eigenvalue weighted by molar-refractivity contribution is 7.99. The van der Waals surface area contributed by atoms with Crippen LogP contribution in [-0.2, 0) is 4.79 Å². The molecule has 1 aliphatic rings. The lowest BCUT2D eigenvalue weighted by atomic mass is 10.1. The van der Waals surface area contributed by atoms with Gasteiger partial charge in [-0.15, -0.1) is 10.2 Å². The Morgan fingerprint density at radius 3 is 2.47 bits per heavy atom. The number of aromatic nitrogens is 3. The molecular formula is C23H28N6O2S. The number of nitrogen functional groups attached to an aromatic ring is 1. The molecule has 3 aromatic rings. The predicted molar refractivity (Wildman–Crippen MR) is 126 cm³/mol. The van der Waals surface area contributed by atoms with E-state index in [0.29, 0.717) is 36.4 Å². The van der Waals surface area contributed by atoms with Crippen molar-refractivity contribution in [2.75, 3.05) is 50.9 Å². The van der Waals surface area contributed by atoms with Crippen molar-refractivity contribution in [3.05, 3.63) is 60.2 Å². The minimum absolute atomic E-state index is 0.0927. The lowest BCUT2D eigenvalue weighted by Gasteiger charge is -2.34. The van der Waals surface area contributed by atoms with Crippen LogP contribution < -0.4 is 10.6 Å². The summed E-state index contributed by atoms with van der Waals surface area (Å²) < 4.78 is 7.22. The second kappa shape index (κ2) is 10.5. The van der Waals surface area contributed by atoms with Gasteiger partial charge >= 0.3 is 0 Å². The number of hydrogen-bond acceptors (Lipinski definition) is 7. The van der Waals surface area contributed by atoms with Crippen LogP contribution >= 0.6 is 11.8 Å². The number of thioether (sulfide) groups is 1. The van der Waals surface area contributed by atoms with Crippen molar-refractivity contribution in [1.82, 2.24) is 24.7 Å². The van der Waals surface area contributed by atoms with E-state index in [0.717, 1.165) is 30.9 Å². The average Bonchev–Trinajstić information content (AvgIpc) is 3.19. The minimum atomic E-state index is 0.0927. The molecule has 2 N–H and O–H groups in total. The number of para-hydroxylation sites is 1. The highest BCUT2D eigenvalue weighted by Crippen LogP contribution is 2.22. The fourth-order valence-electron chi connectivity index (χ4n) is 3.52. The van der Waals surface area contributed by atoms with E-state index in [1.165, 1.54) is 22.0 Å². The molecule has 9 heteroatoms. The number of nitrogens with zero attached hydrogens (tertiary/aromatic N) is 5. The molecule has 0 aliphatic carbocycles. The molecule has 4 rings (SSSR count). The maximum Gasteiger partial charge on any atom is 0.233 e. The van der Waals surface area contributed by atoms with Crippen LogP contribution in [0.5, 0.6) is 5.75 Å². The zero-order valence-electron chi connectivity index (χ0n) is 18.2. The average molecular weight is 453 g/mol. The summed E-state index contributed by atoms with van der Waals surface area (Å²) in [7, 11) is 0. The van der Waals surface area contributed by atoms with Crippen molar-refractivity contribution in [3.63, 3.8) is 0 Å². The van der Waals surface area contributed by atoms with E-state index in [1.54, 1.807) is 0 Å². The first-order valence-corrected chi connectivity index (χ1v) is 11.7. The number of piperazine rings is 1. The SMILES string of the molecule is Cc1ccc(-c2nnc(SCC(=O)N3CCN(CCOc4ccccc4)CC3)n2N)cc1. The van der Waals surface area contributed by atoms with Crippen LogP contribution in [0.2, 0.25) is 0 Å². The molecule has 1 aromatic heterocycles. The van der Waals surface area contributed by atoms with E-state index in [1.807, 2.05) is 66.4 Å². The quantitative estimate of drug-likeness (QED) is 0.414. The van der Waals surface area contributed by atoms with Gasteiger partial charge < -0.3 is 15.5 Å². The Balaban J connectivity index is 1.20. The summed E-state index contributed by atoms with van der Waals surface area (Å²) in [5.41, 5.74) is 2.07. The Morgan fingerprint density at radius 2 is 1.75 bits per heavy atom. The van der Waals surface area contributed by atoms with E-state index in [-0.39, 0.29) is 5.91 Å². The van der Waals surface area contributed by atoms with Gasteiger partial charge in [0.1, 0.15) is 12.4 Å². The molecule has 2 heterocycles. The summed E-state index contributed by atoms with van der Waals surface area (Å²) in [6, 6.07) is 17.8. The molecule has 0 saturated carbocycles. The van der Waals surface area contributed by atoms with Gasteiger partial charge in [-0.2, -0.15) is 0 Å². The second-order valence-corrected chi connectivity index (χ2v) is 8.66. The first kappa shape index (κ1) is 22.2. The second-order valence-electron chi connectivity index (χ2n) is 7.71. The standard InChI is InChI=1S/C23H28N6O2S/c1-18-7-9-19(10-8-18)22-25-26-23(29(22)24)32-17-21(30)28-13-11-27(12-14-28)15-16-31-20-5-3-2-4-6-20/h2-10H,11-17,24H2,1H3. The fourth-order valence-corrected chi connectivity index (χ4v) is 4.28.